The van der Waals surface area contributed by atoms with Crippen LogP contribution in [0.5, 0.6) is 11.5 Å². The second-order valence-corrected chi connectivity index (χ2v) is 15.2. The van der Waals surface area contributed by atoms with Gasteiger partial charge in [-0.3, -0.25) is 9.59 Å². The van der Waals surface area contributed by atoms with E-state index in [4.69, 9.17) is 9.47 Å². The van der Waals surface area contributed by atoms with Gasteiger partial charge < -0.3 is 9.47 Å². The Morgan fingerprint density at radius 2 is 1.08 bits per heavy atom. The Kier molecular flexibility index (Phi) is 10.4. The van der Waals surface area contributed by atoms with E-state index < -0.39 is 0 Å². The number of hydrogen-bond acceptors (Lipinski definition) is 6. The van der Waals surface area contributed by atoms with Crippen LogP contribution in [0.1, 0.15) is 89.9 Å². The Labute approximate surface area is 292 Å². The van der Waals surface area contributed by atoms with Crippen LogP contribution in [0.3, 0.4) is 0 Å². The molecule has 0 saturated heterocycles. The summed E-state index contributed by atoms with van der Waals surface area (Å²) in [7, 11) is 0. The number of ether oxygens (including phenoxy) is 2. The van der Waals surface area contributed by atoms with E-state index in [2.05, 4.69) is 31.2 Å². The molecule has 5 aromatic carbocycles. The lowest BCUT2D eigenvalue weighted by molar-refractivity contribution is 0.0974. The van der Waals surface area contributed by atoms with Gasteiger partial charge in [-0.15, -0.1) is 0 Å². The molecule has 5 aromatic rings. The Balaban J connectivity index is 1.14. The molecule has 0 aliphatic heterocycles. The molecule has 4 nitrogen and oxygen atoms in total. The van der Waals surface area contributed by atoms with E-state index in [0.29, 0.717) is 28.9 Å². The first-order valence-electron chi connectivity index (χ1n) is 16.5. The van der Waals surface area contributed by atoms with Crippen molar-refractivity contribution in [3.05, 3.63) is 143 Å². The fourth-order valence-corrected chi connectivity index (χ4v) is 7.64. The van der Waals surface area contributed by atoms with Crippen LogP contribution in [-0.2, 0) is 13.0 Å². The lowest BCUT2D eigenvalue weighted by atomic mass is 9.84. The second-order valence-electron chi connectivity index (χ2n) is 12.9. The van der Waals surface area contributed by atoms with Crippen LogP contribution >= 0.6 is 23.5 Å². The molecule has 0 bridgehead atoms. The number of carbonyl (C=O) groups excluding carboxylic acids is 2. The maximum Gasteiger partial charge on any atom is 0.195 e. The summed E-state index contributed by atoms with van der Waals surface area (Å²) in [4.78, 5) is 31.6. The van der Waals surface area contributed by atoms with E-state index in [-0.39, 0.29) is 17.2 Å². The topological polar surface area (TPSA) is 52.6 Å². The molecule has 6 rings (SSSR count). The van der Waals surface area contributed by atoms with Gasteiger partial charge in [0, 0.05) is 41.8 Å². The minimum atomic E-state index is -0.242. The molecule has 0 aromatic heterocycles. The molecule has 48 heavy (non-hydrogen) atoms. The molecule has 244 valence electrons. The highest BCUT2D eigenvalue weighted by atomic mass is 32.2. The van der Waals surface area contributed by atoms with Gasteiger partial charge >= 0.3 is 0 Å². The summed E-state index contributed by atoms with van der Waals surface area (Å²) in [5, 5.41) is 0. The van der Waals surface area contributed by atoms with Crippen molar-refractivity contribution in [1.82, 2.24) is 0 Å². The largest absolute Gasteiger partial charge is 0.489 e. The van der Waals surface area contributed by atoms with Gasteiger partial charge in [0.15, 0.2) is 11.6 Å². The maximum absolute atomic E-state index is 14.0. The van der Waals surface area contributed by atoms with Gasteiger partial charge in [0.2, 0.25) is 0 Å². The molecule has 1 aliphatic rings. The van der Waals surface area contributed by atoms with Crippen molar-refractivity contribution >= 4 is 35.1 Å². The van der Waals surface area contributed by atoms with Crippen LogP contribution in [0.15, 0.2) is 129 Å². The van der Waals surface area contributed by atoms with Crippen LogP contribution < -0.4 is 9.47 Å². The third kappa shape index (κ3) is 8.05. The summed E-state index contributed by atoms with van der Waals surface area (Å²) in [6, 6.07) is 35.4. The van der Waals surface area contributed by atoms with Crippen LogP contribution in [0.4, 0.5) is 0 Å². The number of carbonyl (C=O) groups is 2. The second kappa shape index (κ2) is 14.9. The summed E-state index contributed by atoms with van der Waals surface area (Å²) >= 11 is 3.02. The van der Waals surface area contributed by atoms with Crippen molar-refractivity contribution in [2.75, 3.05) is 0 Å². The summed E-state index contributed by atoms with van der Waals surface area (Å²) in [6.07, 6.45) is 4.70. The standard InChI is InChI=1S/C42H40O4S2/c1-5-6-7-10-28-17-23-32(24-18-28)47-36-13-8-11-34-38(36)40(43)35-12-9-14-37(39(35)41(34)44)48-33-25-21-30(22-26-33)45-27-29-15-19-31(20-16-29)46-42(2,3)4/h8-9,11-26H,5-7,10,27H2,1-4H3. The highest BCUT2D eigenvalue weighted by molar-refractivity contribution is 7.99. The fourth-order valence-electron chi connectivity index (χ4n) is 5.68. The highest BCUT2D eigenvalue weighted by Crippen LogP contribution is 2.41. The van der Waals surface area contributed by atoms with Crippen LogP contribution in [0.2, 0.25) is 0 Å². The number of hydrogen-bond donors (Lipinski definition) is 0. The quantitative estimate of drug-likeness (QED) is 0.121. The van der Waals surface area contributed by atoms with E-state index in [9.17, 15) is 9.59 Å². The average Bonchev–Trinajstić information content (AvgIpc) is 3.08. The number of aryl methyl sites for hydroxylation is 1. The van der Waals surface area contributed by atoms with E-state index in [1.54, 1.807) is 12.1 Å². The smallest absolute Gasteiger partial charge is 0.195 e. The van der Waals surface area contributed by atoms with Crippen molar-refractivity contribution in [2.45, 2.75) is 85.2 Å². The number of benzene rings is 5. The fraction of sp³-hybridized carbons (Fsp3) is 0.238. The maximum atomic E-state index is 14.0. The molecule has 0 heterocycles. The van der Waals surface area contributed by atoms with Crippen LogP contribution in [0.25, 0.3) is 0 Å². The molecule has 0 N–H and O–H groups in total. The molecule has 6 heteroatoms. The molecular formula is C42H40O4S2. The number of fused-ring (bicyclic) bond motifs is 2. The monoisotopic (exact) mass is 672 g/mol. The normalized spacial score (nSPS) is 12.4. The van der Waals surface area contributed by atoms with E-state index in [1.165, 1.54) is 48.3 Å². The third-order valence-electron chi connectivity index (χ3n) is 8.02. The van der Waals surface area contributed by atoms with Crippen LogP contribution in [0, 0.1) is 0 Å². The van der Waals surface area contributed by atoms with Crippen molar-refractivity contribution in [3.8, 4) is 11.5 Å². The van der Waals surface area contributed by atoms with Gasteiger partial charge in [0.25, 0.3) is 0 Å². The number of unbranched alkanes of at least 4 members (excludes halogenated alkanes) is 2. The molecule has 0 atom stereocenters. The molecule has 0 spiro atoms. The minimum absolute atomic E-state index is 0.108. The molecule has 0 amide bonds. The third-order valence-corrected chi connectivity index (χ3v) is 10.2. The first kappa shape index (κ1) is 33.6. The summed E-state index contributed by atoms with van der Waals surface area (Å²) in [6.45, 7) is 8.74. The predicted octanol–water partition coefficient (Wildman–Crippen LogP) is 11.3. The molecule has 0 saturated carbocycles. The number of ketones is 2. The summed E-state index contributed by atoms with van der Waals surface area (Å²) in [5.41, 5.74) is 4.01. The summed E-state index contributed by atoms with van der Waals surface area (Å²) < 4.78 is 11.9. The lowest BCUT2D eigenvalue weighted by Gasteiger charge is -2.22. The Hall–Kier alpha value is -4.26. The zero-order valence-electron chi connectivity index (χ0n) is 27.9. The minimum Gasteiger partial charge on any atom is -0.489 e. The molecule has 0 fully saturated rings. The Morgan fingerprint density at radius 3 is 1.60 bits per heavy atom. The zero-order chi connectivity index (χ0) is 33.7. The Bertz CT molecular complexity index is 1900. The van der Waals surface area contributed by atoms with Gasteiger partial charge in [-0.2, -0.15) is 0 Å². The van der Waals surface area contributed by atoms with E-state index in [0.717, 1.165) is 43.1 Å². The van der Waals surface area contributed by atoms with Gasteiger partial charge in [-0.05, 0) is 105 Å². The Morgan fingerprint density at radius 1 is 0.583 bits per heavy atom. The first-order chi connectivity index (χ1) is 23.2. The number of rotatable bonds is 12. The van der Waals surface area contributed by atoms with E-state index >= 15 is 0 Å². The van der Waals surface area contributed by atoms with Gasteiger partial charge in [0.05, 0.1) is 0 Å². The first-order valence-corrected chi connectivity index (χ1v) is 18.1. The van der Waals surface area contributed by atoms with Crippen molar-refractivity contribution in [2.24, 2.45) is 0 Å². The molecule has 1 aliphatic carbocycles. The van der Waals surface area contributed by atoms with Gasteiger partial charge in [0.1, 0.15) is 23.7 Å². The highest BCUT2D eigenvalue weighted by Gasteiger charge is 2.33. The van der Waals surface area contributed by atoms with Crippen LogP contribution in [-0.4, -0.2) is 17.2 Å². The van der Waals surface area contributed by atoms with E-state index in [1.807, 2.05) is 93.6 Å². The van der Waals surface area contributed by atoms with Gasteiger partial charge in [-0.1, -0.05) is 91.8 Å². The van der Waals surface area contributed by atoms with Crippen molar-refractivity contribution < 1.29 is 19.1 Å². The SMILES string of the molecule is CCCCCc1ccc(Sc2cccc3c2C(=O)c2cccc(Sc4ccc(OCc5ccc(OC(C)(C)C)cc5)cc4)c2C3=O)cc1. The lowest BCUT2D eigenvalue weighted by Crippen LogP contribution is -2.22. The predicted molar refractivity (Wildman–Crippen MR) is 195 cm³/mol. The summed E-state index contributed by atoms with van der Waals surface area (Å²) in [5.74, 6) is 1.36. The molecular weight excluding hydrogens is 633 g/mol. The van der Waals surface area contributed by atoms with Crippen molar-refractivity contribution in [1.29, 1.82) is 0 Å². The van der Waals surface area contributed by atoms with Gasteiger partial charge in [-0.25, -0.2) is 0 Å². The zero-order valence-corrected chi connectivity index (χ0v) is 29.5. The average molecular weight is 673 g/mol. The molecule has 0 radical (unpaired) electrons. The van der Waals surface area contributed by atoms with Crippen molar-refractivity contribution in [3.63, 3.8) is 0 Å². The molecule has 0 unspecified atom stereocenters.